The summed E-state index contributed by atoms with van der Waals surface area (Å²) < 4.78 is 1.62. The number of thioether (sulfide) groups is 1. The molecule has 23 heavy (non-hydrogen) atoms. The number of hydrogen-bond donors (Lipinski definition) is 1. The van der Waals surface area contributed by atoms with Gasteiger partial charge in [-0.2, -0.15) is 0 Å². The Hall–Kier alpha value is -2.01. The first-order chi connectivity index (χ1) is 11.1. The van der Waals surface area contributed by atoms with Gasteiger partial charge < -0.3 is 9.88 Å². The molecular formula is C18H22N2O2S. The van der Waals surface area contributed by atoms with Crippen molar-refractivity contribution >= 4 is 23.4 Å². The standard InChI is InChI=1S/C18H22N2O2S/c1-3-11-20-12-16(9-10-17(20)21)19-18(22)14(2)23-13-15-7-5-4-6-8-15/h4-10,12,14H,3,11,13H2,1-2H3,(H,19,22). The third-order valence-electron chi connectivity index (χ3n) is 3.43. The lowest BCUT2D eigenvalue weighted by atomic mass is 10.2. The van der Waals surface area contributed by atoms with Crippen molar-refractivity contribution in [2.75, 3.05) is 5.32 Å². The van der Waals surface area contributed by atoms with Crippen LogP contribution < -0.4 is 10.9 Å². The van der Waals surface area contributed by atoms with Crippen LogP contribution >= 0.6 is 11.8 Å². The minimum absolute atomic E-state index is 0.0450. The Balaban J connectivity index is 1.93. The van der Waals surface area contributed by atoms with E-state index in [1.165, 1.54) is 11.6 Å². The zero-order valence-corrected chi connectivity index (χ0v) is 14.3. The SMILES string of the molecule is CCCn1cc(NC(=O)C(C)SCc2ccccc2)ccc1=O. The second kappa shape index (κ2) is 8.58. The maximum Gasteiger partial charge on any atom is 0.250 e. The molecule has 0 saturated heterocycles. The van der Waals surface area contributed by atoms with Crippen LogP contribution in [0.2, 0.25) is 0 Å². The van der Waals surface area contributed by atoms with Crippen molar-refractivity contribution in [3.8, 4) is 0 Å². The quantitative estimate of drug-likeness (QED) is 0.845. The minimum atomic E-state index is -0.165. The fourth-order valence-electron chi connectivity index (χ4n) is 2.14. The number of carbonyl (C=O) groups excluding carboxylic acids is 1. The first-order valence-corrected chi connectivity index (χ1v) is 8.82. The second-order valence-electron chi connectivity index (χ2n) is 5.38. The number of rotatable bonds is 7. The van der Waals surface area contributed by atoms with E-state index in [0.29, 0.717) is 12.2 Å². The molecule has 0 saturated carbocycles. The van der Waals surface area contributed by atoms with E-state index in [0.717, 1.165) is 12.2 Å². The number of aryl methyl sites for hydroxylation is 1. The second-order valence-corrected chi connectivity index (χ2v) is 6.71. The van der Waals surface area contributed by atoms with Gasteiger partial charge in [0, 0.05) is 24.6 Å². The van der Waals surface area contributed by atoms with Gasteiger partial charge in [-0.1, -0.05) is 37.3 Å². The van der Waals surface area contributed by atoms with E-state index in [2.05, 4.69) is 17.4 Å². The van der Waals surface area contributed by atoms with Crippen LogP contribution in [0, 0.1) is 0 Å². The number of benzene rings is 1. The Morgan fingerprint density at radius 3 is 2.65 bits per heavy atom. The average Bonchev–Trinajstić information content (AvgIpc) is 2.57. The molecule has 2 aromatic rings. The van der Waals surface area contributed by atoms with Gasteiger partial charge in [0.15, 0.2) is 0 Å². The average molecular weight is 330 g/mol. The Morgan fingerprint density at radius 2 is 1.96 bits per heavy atom. The largest absolute Gasteiger partial charge is 0.324 e. The highest BCUT2D eigenvalue weighted by Crippen LogP contribution is 2.19. The Bertz CT molecular complexity index is 698. The van der Waals surface area contributed by atoms with Gasteiger partial charge in [0.1, 0.15) is 0 Å². The Morgan fingerprint density at radius 1 is 1.22 bits per heavy atom. The fraction of sp³-hybridized carbons (Fsp3) is 0.333. The predicted octanol–water partition coefficient (Wildman–Crippen LogP) is 3.52. The van der Waals surface area contributed by atoms with Crippen LogP contribution in [0.4, 0.5) is 5.69 Å². The summed E-state index contributed by atoms with van der Waals surface area (Å²) in [7, 11) is 0. The fourth-order valence-corrected chi connectivity index (χ4v) is 2.98. The number of anilines is 1. The van der Waals surface area contributed by atoms with E-state index < -0.39 is 0 Å². The number of nitrogens with one attached hydrogen (secondary N) is 1. The van der Waals surface area contributed by atoms with Crippen molar-refractivity contribution in [3.05, 3.63) is 64.6 Å². The lowest BCUT2D eigenvalue weighted by Gasteiger charge is -2.13. The van der Waals surface area contributed by atoms with Crippen molar-refractivity contribution < 1.29 is 4.79 Å². The summed E-state index contributed by atoms with van der Waals surface area (Å²) in [5, 5.41) is 2.72. The van der Waals surface area contributed by atoms with Gasteiger partial charge in [0.05, 0.1) is 10.9 Å². The zero-order valence-electron chi connectivity index (χ0n) is 13.5. The van der Waals surface area contributed by atoms with Gasteiger partial charge in [0.2, 0.25) is 5.91 Å². The normalized spacial score (nSPS) is 11.9. The Kier molecular flexibility index (Phi) is 6.47. The summed E-state index contributed by atoms with van der Waals surface area (Å²) in [6.07, 6.45) is 2.58. The maximum atomic E-state index is 12.3. The topological polar surface area (TPSA) is 51.1 Å². The molecule has 0 aliphatic heterocycles. The third-order valence-corrected chi connectivity index (χ3v) is 4.64. The van der Waals surface area contributed by atoms with Gasteiger partial charge in [0.25, 0.3) is 5.56 Å². The molecule has 1 aromatic heterocycles. The van der Waals surface area contributed by atoms with Gasteiger partial charge in [-0.05, 0) is 25.0 Å². The molecular weight excluding hydrogens is 308 g/mol. The first-order valence-electron chi connectivity index (χ1n) is 7.77. The summed E-state index contributed by atoms with van der Waals surface area (Å²) >= 11 is 1.59. The van der Waals surface area contributed by atoms with Crippen molar-refractivity contribution in [3.63, 3.8) is 0 Å². The molecule has 0 bridgehead atoms. The zero-order chi connectivity index (χ0) is 16.7. The summed E-state index contributed by atoms with van der Waals surface area (Å²) in [5.74, 6) is 0.748. The minimum Gasteiger partial charge on any atom is -0.324 e. The van der Waals surface area contributed by atoms with Crippen LogP contribution in [0.3, 0.4) is 0 Å². The molecule has 1 atom stereocenters. The molecule has 0 spiro atoms. The predicted molar refractivity (Wildman–Crippen MR) is 96.8 cm³/mol. The first kappa shape index (κ1) is 17.3. The molecule has 122 valence electrons. The lowest BCUT2D eigenvalue weighted by Crippen LogP contribution is -2.25. The van der Waals surface area contributed by atoms with Crippen molar-refractivity contribution in [1.82, 2.24) is 4.57 Å². The van der Waals surface area contributed by atoms with Crippen LogP contribution in [0.5, 0.6) is 0 Å². The maximum absolute atomic E-state index is 12.3. The Labute approximate surface area is 140 Å². The van der Waals surface area contributed by atoms with Crippen LogP contribution in [-0.4, -0.2) is 15.7 Å². The number of carbonyl (C=O) groups is 1. The molecule has 1 unspecified atom stereocenters. The smallest absolute Gasteiger partial charge is 0.250 e. The highest BCUT2D eigenvalue weighted by atomic mass is 32.2. The van der Waals surface area contributed by atoms with Crippen LogP contribution in [0.25, 0.3) is 0 Å². The van der Waals surface area contributed by atoms with E-state index in [1.54, 1.807) is 28.6 Å². The summed E-state index contributed by atoms with van der Waals surface area (Å²) in [4.78, 5) is 24.0. The van der Waals surface area contributed by atoms with Crippen LogP contribution in [0.1, 0.15) is 25.8 Å². The van der Waals surface area contributed by atoms with E-state index >= 15 is 0 Å². The number of pyridine rings is 1. The third kappa shape index (κ3) is 5.28. The molecule has 1 N–H and O–H groups in total. The molecule has 0 aliphatic rings. The highest BCUT2D eigenvalue weighted by molar-refractivity contribution is 7.99. The summed E-state index contributed by atoms with van der Waals surface area (Å²) in [6, 6.07) is 13.2. The van der Waals surface area contributed by atoms with Gasteiger partial charge in [-0.15, -0.1) is 11.8 Å². The van der Waals surface area contributed by atoms with Gasteiger partial charge in [-0.25, -0.2) is 0 Å². The molecule has 1 heterocycles. The number of hydrogen-bond acceptors (Lipinski definition) is 3. The van der Waals surface area contributed by atoms with E-state index in [9.17, 15) is 9.59 Å². The van der Waals surface area contributed by atoms with Crippen molar-refractivity contribution in [2.45, 2.75) is 37.8 Å². The van der Waals surface area contributed by atoms with Crippen LogP contribution in [-0.2, 0) is 17.1 Å². The van der Waals surface area contributed by atoms with Crippen LogP contribution in [0.15, 0.2) is 53.5 Å². The number of aromatic nitrogens is 1. The molecule has 1 amide bonds. The number of amides is 1. The van der Waals surface area contributed by atoms with Crippen molar-refractivity contribution in [1.29, 1.82) is 0 Å². The molecule has 0 fully saturated rings. The highest BCUT2D eigenvalue weighted by Gasteiger charge is 2.14. The molecule has 4 nitrogen and oxygen atoms in total. The van der Waals surface area contributed by atoms with Gasteiger partial charge in [-0.3, -0.25) is 9.59 Å². The molecule has 1 aromatic carbocycles. The van der Waals surface area contributed by atoms with E-state index in [1.807, 2.05) is 32.0 Å². The van der Waals surface area contributed by atoms with E-state index in [4.69, 9.17) is 0 Å². The molecule has 0 aliphatic carbocycles. The lowest BCUT2D eigenvalue weighted by molar-refractivity contribution is -0.115. The van der Waals surface area contributed by atoms with E-state index in [-0.39, 0.29) is 16.7 Å². The summed E-state index contributed by atoms with van der Waals surface area (Å²) in [6.45, 7) is 4.56. The molecule has 2 rings (SSSR count). The van der Waals surface area contributed by atoms with Gasteiger partial charge >= 0.3 is 0 Å². The molecule has 0 radical (unpaired) electrons. The monoisotopic (exact) mass is 330 g/mol. The number of nitrogens with zero attached hydrogens (tertiary/aromatic N) is 1. The molecule has 5 heteroatoms. The summed E-state index contributed by atoms with van der Waals surface area (Å²) in [5.41, 5.74) is 1.82. The van der Waals surface area contributed by atoms with Crippen molar-refractivity contribution in [2.24, 2.45) is 0 Å².